The molecule has 2 aromatic carbocycles. The number of nitrogen functional groups attached to an aromatic ring is 1. The molecule has 2 rings (SSSR count). The van der Waals surface area contributed by atoms with Crippen molar-refractivity contribution in [2.24, 2.45) is 0 Å². The third kappa shape index (κ3) is 5.51. The van der Waals surface area contributed by atoms with Gasteiger partial charge >= 0.3 is 0 Å². The van der Waals surface area contributed by atoms with Gasteiger partial charge in [0.2, 0.25) is 5.91 Å². The molecule has 0 spiro atoms. The number of benzene rings is 2. The van der Waals surface area contributed by atoms with Crippen molar-refractivity contribution in [3.05, 3.63) is 65.7 Å². The maximum atomic E-state index is 11.8. The maximum absolute atomic E-state index is 11.8. The zero-order chi connectivity index (χ0) is 16.7. The summed E-state index contributed by atoms with van der Waals surface area (Å²) >= 11 is 0. The fourth-order valence-corrected chi connectivity index (χ4v) is 2.05. The molecule has 0 fully saturated rings. The standard InChI is InChI=1S/C19H22N2O2/c1-14(2)23-18-10-8-15(12-17(18)20)9-11-19(22)21-13-16-6-4-3-5-7-16/h3-12,14H,13,20H2,1-2H3,(H,21,22)/b11-9-. The lowest BCUT2D eigenvalue weighted by molar-refractivity contribution is -0.116. The molecule has 0 aliphatic carbocycles. The monoisotopic (exact) mass is 310 g/mol. The minimum atomic E-state index is -0.144. The van der Waals surface area contributed by atoms with E-state index in [0.29, 0.717) is 18.0 Å². The first-order chi connectivity index (χ1) is 11.0. The Morgan fingerprint density at radius 2 is 1.96 bits per heavy atom. The van der Waals surface area contributed by atoms with Crippen LogP contribution in [0.15, 0.2) is 54.6 Å². The number of anilines is 1. The van der Waals surface area contributed by atoms with Crippen molar-refractivity contribution in [3.8, 4) is 5.75 Å². The topological polar surface area (TPSA) is 64.3 Å². The van der Waals surface area contributed by atoms with Gasteiger partial charge in [-0.05, 0) is 43.2 Å². The van der Waals surface area contributed by atoms with Crippen LogP contribution in [0.2, 0.25) is 0 Å². The van der Waals surface area contributed by atoms with E-state index in [4.69, 9.17) is 10.5 Å². The Hall–Kier alpha value is -2.75. The minimum Gasteiger partial charge on any atom is -0.489 e. The Morgan fingerprint density at radius 1 is 1.22 bits per heavy atom. The highest BCUT2D eigenvalue weighted by Gasteiger charge is 2.03. The van der Waals surface area contributed by atoms with Gasteiger partial charge in [0.1, 0.15) is 5.75 Å². The molecule has 0 bridgehead atoms. The summed E-state index contributed by atoms with van der Waals surface area (Å²) in [6, 6.07) is 15.3. The van der Waals surface area contributed by atoms with Crippen LogP contribution in [-0.2, 0) is 11.3 Å². The Kier molecular flexibility index (Phi) is 5.80. The lowest BCUT2D eigenvalue weighted by Crippen LogP contribution is -2.20. The van der Waals surface area contributed by atoms with Gasteiger partial charge in [0.05, 0.1) is 11.8 Å². The smallest absolute Gasteiger partial charge is 0.244 e. The van der Waals surface area contributed by atoms with Crippen LogP contribution in [0.25, 0.3) is 6.08 Å². The molecule has 23 heavy (non-hydrogen) atoms. The van der Waals surface area contributed by atoms with E-state index in [2.05, 4.69) is 5.32 Å². The summed E-state index contributed by atoms with van der Waals surface area (Å²) in [4.78, 5) is 11.8. The van der Waals surface area contributed by atoms with Crippen LogP contribution >= 0.6 is 0 Å². The number of nitrogens with one attached hydrogen (secondary N) is 1. The molecule has 0 atom stereocenters. The van der Waals surface area contributed by atoms with Crippen molar-refractivity contribution in [2.45, 2.75) is 26.5 Å². The summed E-state index contributed by atoms with van der Waals surface area (Å²) < 4.78 is 5.58. The number of hydrogen-bond donors (Lipinski definition) is 2. The van der Waals surface area contributed by atoms with Gasteiger partial charge in [-0.15, -0.1) is 0 Å². The van der Waals surface area contributed by atoms with Crippen molar-refractivity contribution in [1.82, 2.24) is 5.32 Å². The van der Waals surface area contributed by atoms with Crippen molar-refractivity contribution in [3.63, 3.8) is 0 Å². The first kappa shape index (κ1) is 16.6. The summed E-state index contributed by atoms with van der Waals surface area (Å²) in [7, 11) is 0. The van der Waals surface area contributed by atoms with Crippen LogP contribution in [0.3, 0.4) is 0 Å². The largest absolute Gasteiger partial charge is 0.489 e. The fourth-order valence-electron chi connectivity index (χ4n) is 2.05. The second kappa shape index (κ2) is 8.03. The summed E-state index contributed by atoms with van der Waals surface area (Å²) in [6.07, 6.45) is 3.30. The van der Waals surface area contributed by atoms with Gasteiger partial charge in [-0.25, -0.2) is 0 Å². The molecule has 2 aromatic rings. The van der Waals surface area contributed by atoms with Crippen molar-refractivity contribution >= 4 is 17.7 Å². The molecule has 0 aliphatic heterocycles. The second-order valence-electron chi connectivity index (χ2n) is 5.50. The van der Waals surface area contributed by atoms with Crippen molar-refractivity contribution in [1.29, 1.82) is 0 Å². The summed E-state index contributed by atoms with van der Waals surface area (Å²) in [6.45, 7) is 4.40. The van der Waals surface area contributed by atoms with E-state index >= 15 is 0 Å². The number of amides is 1. The Morgan fingerprint density at radius 3 is 2.61 bits per heavy atom. The molecule has 0 saturated heterocycles. The quantitative estimate of drug-likeness (QED) is 0.635. The highest BCUT2D eigenvalue weighted by atomic mass is 16.5. The molecule has 0 aromatic heterocycles. The zero-order valence-electron chi connectivity index (χ0n) is 13.5. The number of carbonyl (C=O) groups is 1. The molecule has 3 N–H and O–H groups in total. The zero-order valence-corrected chi connectivity index (χ0v) is 13.5. The highest BCUT2D eigenvalue weighted by Crippen LogP contribution is 2.24. The average Bonchev–Trinajstić information content (AvgIpc) is 2.54. The molecule has 0 heterocycles. The number of carbonyl (C=O) groups excluding carboxylic acids is 1. The Labute approximate surface area is 137 Å². The van der Waals surface area contributed by atoms with Crippen LogP contribution in [0.5, 0.6) is 5.75 Å². The third-order valence-electron chi connectivity index (χ3n) is 3.13. The number of nitrogens with two attached hydrogens (primary N) is 1. The van der Waals surface area contributed by atoms with Crippen LogP contribution < -0.4 is 15.8 Å². The molecule has 1 amide bonds. The van der Waals surface area contributed by atoms with Crippen molar-refractivity contribution in [2.75, 3.05) is 5.73 Å². The van der Waals surface area contributed by atoms with Gasteiger partial charge < -0.3 is 15.8 Å². The Balaban J connectivity index is 1.91. The predicted octanol–water partition coefficient (Wildman–Crippen LogP) is 3.39. The highest BCUT2D eigenvalue weighted by molar-refractivity contribution is 5.91. The first-order valence-electron chi connectivity index (χ1n) is 7.60. The van der Waals surface area contributed by atoms with Crippen molar-refractivity contribution < 1.29 is 9.53 Å². The SMILES string of the molecule is CC(C)Oc1ccc(/C=C\C(=O)NCc2ccccc2)cc1N. The van der Waals surface area contributed by atoms with Gasteiger partial charge in [0.15, 0.2) is 0 Å². The predicted molar refractivity (Wildman–Crippen MR) is 93.9 cm³/mol. The number of hydrogen-bond acceptors (Lipinski definition) is 3. The molecule has 0 aliphatic rings. The van der Waals surface area contributed by atoms with E-state index < -0.39 is 0 Å². The number of rotatable bonds is 6. The van der Waals surface area contributed by atoms with Crippen LogP contribution in [0, 0.1) is 0 Å². The molecular weight excluding hydrogens is 288 g/mol. The van der Waals surface area contributed by atoms with Crippen LogP contribution in [0.1, 0.15) is 25.0 Å². The summed E-state index contributed by atoms with van der Waals surface area (Å²) in [5.41, 5.74) is 8.43. The summed E-state index contributed by atoms with van der Waals surface area (Å²) in [5.74, 6) is 0.514. The van der Waals surface area contributed by atoms with E-state index in [1.807, 2.05) is 56.3 Å². The molecule has 4 heteroatoms. The average molecular weight is 310 g/mol. The summed E-state index contributed by atoms with van der Waals surface area (Å²) in [5, 5.41) is 2.84. The normalized spacial score (nSPS) is 10.9. The van der Waals surface area contributed by atoms with Gasteiger partial charge in [0, 0.05) is 12.6 Å². The maximum Gasteiger partial charge on any atom is 0.244 e. The van der Waals surface area contributed by atoms with E-state index in [1.54, 1.807) is 12.1 Å². The van der Waals surface area contributed by atoms with Gasteiger partial charge in [0.25, 0.3) is 0 Å². The van der Waals surface area contributed by atoms with E-state index in [-0.39, 0.29) is 12.0 Å². The molecular formula is C19H22N2O2. The van der Waals surface area contributed by atoms with Gasteiger partial charge in [-0.2, -0.15) is 0 Å². The van der Waals surface area contributed by atoms with Gasteiger partial charge in [-0.3, -0.25) is 4.79 Å². The van der Waals surface area contributed by atoms with Crippen LogP contribution in [0.4, 0.5) is 5.69 Å². The second-order valence-corrected chi connectivity index (χ2v) is 5.50. The first-order valence-corrected chi connectivity index (χ1v) is 7.60. The lowest BCUT2D eigenvalue weighted by Gasteiger charge is -2.12. The van der Waals surface area contributed by atoms with E-state index in [0.717, 1.165) is 11.1 Å². The van der Waals surface area contributed by atoms with E-state index in [9.17, 15) is 4.79 Å². The lowest BCUT2D eigenvalue weighted by atomic mass is 10.1. The molecule has 0 radical (unpaired) electrons. The van der Waals surface area contributed by atoms with E-state index in [1.165, 1.54) is 6.08 Å². The number of ether oxygens (including phenoxy) is 1. The minimum absolute atomic E-state index is 0.0717. The molecule has 0 unspecified atom stereocenters. The fraction of sp³-hybridized carbons (Fsp3) is 0.211. The molecule has 120 valence electrons. The van der Waals surface area contributed by atoms with Gasteiger partial charge in [-0.1, -0.05) is 36.4 Å². The third-order valence-corrected chi connectivity index (χ3v) is 3.13. The van der Waals surface area contributed by atoms with Crippen LogP contribution in [-0.4, -0.2) is 12.0 Å². The molecule has 0 saturated carbocycles. The molecule has 4 nitrogen and oxygen atoms in total. The Bertz CT molecular complexity index is 679.